The van der Waals surface area contributed by atoms with Crippen LogP contribution in [0.3, 0.4) is 0 Å². The van der Waals surface area contributed by atoms with Gasteiger partial charge >= 0.3 is 0 Å². The van der Waals surface area contributed by atoms with Gasteiger partial charge in [-0.1, -0.05) is 48.5 Å². The van der Waals surface area contributed by atoms with Gasteiger partial charge in [0.2, 0.25) is 5.91 Å². The van der Waals surface area contributed by atoms with Gasteiger partial charge in [0.25, 0.3) is 0 Å². The lowest BCUT2D eigenvalue weighted by atomic mass is 10.1. The Morgan fingerprint density at radius 3 is 2.05 bits per heavy atom. The van der Waals surface area contributed by atoms with E-state index >= 15 is 0 Å². The normalized spacial score (nSPS) is 12.6. The van der Waals surface area contributed by atoms with Crippen molar-refractivity contribution in [3.05, 3.63) is 66.2 Å². The molecule has 0 aromatic heterocycles. The zero-order valence-electron chi connectivity index (χ0n) is 11.7. The summed E-state index contributed by atoms with van der Waals surface area (Å²) >= 11 is 0. The first kappa shape index (κ1) is 15.3. The second-order valence-electron chi connectivity index (χ2n) is 4.65. The average molecular weight is 303 g/mol. The minimum absolute atomic E-state index is 0.151. The zero-order chi connectivity index (χ0) is 15.3. The summed E-state index contributed by atoms with van der Waals surface area (Å²) in [7, 11) is -2.28. The van der Waals surface area contributed by atoms with Gasteiger partial charge < -0.3 is 5.32 Å². The van der Waals surface area contributed by atoms with Gasteiger partial charge in [-0.25, -0.2) is 8.42 Å². The fourth-order valence-electron chi connectivity index (χ4n) is 2.11. The van der Waals surface area contributed by atoms with Crippen LogP contribution in [-0.2, 0) is 21.1 Å². The molecule has 0 saturated carbocycles. The van der Waals surface area contributed by atoms with Crippen molar-refractivity contribution in [1.82, 2.24) is 5.32 Å². The van der Waals surface area contributed by atoms with Crippen molar-refractivity contribution in [1.29, 1.82) is 0 Å². The molecule has 2 aromatic rings. The number of benzene rings is 2. The molecule has 0 bridgehead atoms. The van der Waals surface area contributed by atoms with Crippen LogP contribution >= 0.6 is 0 Å². The monoisotopic (exact) mass is 303 g/mol. The molecule has 21 heavy (non-hydrogen) atoms. The third-order valence-electron chi connectivity index (χ3n) is 3.25. The molecule has 2 aromatic carbocycles. The van der Waals surface area contributed by atoms with Crippen LogP contribution in [0.25, 0.3) is 0 Å². The van der Waals surface area contributed by atoms with Crippen LogP contribution in [0.15, 0.2) is 65.6 Å². The van der Waals surface area contributed by atoms with Gasteiger partial charge in [0.1, 0.15) is 5.25 Å². The van der Waals surface area contributed by atoms with E-state index in [1.54, 1.807) is 18.2 Å². The van der Waals surface area contributed by atoms with Gasteiger partial charge in [-0.15, -0.1) is 0 Å². The average Bonchev–Trinajstić information content (AvgIpc) is 2.53. The molecule has 0 radical (unpaired) electrons. The molecule has 0 aliphatic rings. The summed E-state index contributed by atoms with van der Waals surface area (Å²) < 4.78 is 25.4. The predicted molar refractivity (Wildman–Crippen MR) is 81.6 cm³/mol. The summed E-state index contributed by atoms with van der Waals surface area (Å²) in [5, 5.41) is 1.31. The Balaban J connectivity index is 2.39. The van der Waals surface area contributed by atoms with E-state index in [4.69, 9.17) is 0 Å². The van der Waals surface area contributed by atoms with E-state index in [-0.39, 0.29) is 11.3 Å². The van der Waals surface area contributed by atoms with Crippen LogP contribution in [-0.4, -0.2) is 26.6 Å². The van der Waals surface area contributed by atoms with Crippen LogP contribution < -0.4 is 5.32 Å². The van der Waals surface area contributed by atoms with Gasteiger partial charge in [0, 0.05) is 7.05 Å². The van der Waals surface area contributed by atoms with E-state index in [0.29, 0.717) is 0 Å². The number of sulfone groups is 1. The molecule has 4 nitrogen and oxygen atoms in total. The third-order valence-corrected chi connectivity index (χ3v) is 5.31. The molecule has 1 amide bonds. The molecule has 1 atom stereocenters. The van der Waals surface area contributed by atoms with Crippen molar-refractivity contribution in [3.8, 4) is 0 Å². The molecule has 0 saturated heterocycles. The Hall–Kier alpha value is -2.14. The first-order valence-electron chi connectivity index (χ1n) is 6.60. The van der Waals surface area contributed by atoms with Crippen molar-refractivity contribution < 1.29 is 13.2 Å². The highest BCUT2D eigenvalue weighted by atomic mass is 32.2. The van der Waals surface area contributed by atoms with Crippen molar-refractivity contribution >= 4 is 15.7 Å². The number of nitrogens with one attached hydrogen (secondary N) is 1. The highest BCUT2D eigenvalue weighted by molar-refractivity contribution is 7.92. The molecule has 0 aliphatic carbocycles. The van der Waals surface area contributed by atoms with E-state index in [1.165, 1.54) is 19.2 Å². The van der Waals surface area contributed by atoms with Gasteiger partial charge in [0.15, 0.2) is 9.84 Å². The fourth-order valence-corrected chi connectivity index (χ4v) is 3.78. The Morgan fingerprint density at radius 2 is 1.52 bits per heavy atom. The van der Waals surface area contributed by atoms with Gasteiger partial charge in [0.05, 0.1) is 4.90 Å². The second kappa shape index (κ2) is 6.54. The molecule has 0 spiro atoms. The van der Waals surface area contributed by atoms with Crippen molar-refractivity contribution in [2.24, 2.45) is 0 Å². The number of carbonyl (C=O) groups is 1. The number of rotatable bonds is 5. The van der Waals surface area contributed by atoms with Crippen molar-refractivity contribution in [2.75, 3.05) is 7.05 Å². The minimum atomic E-state index is -3.72. The molecular weight excluding hydrogens is 286 g/mol. The summed E-state index contributed by atoms with van der Waals surface area (Å²) in [6.07, 6.45) is 0.151. The topological polar surface area (TPSA) is 63.2 Å². The van der Waals surface area contributed by atoms with E-state index in [9.17, 15) is 13.2 Å². The molecule has 1 N–H and O–H groups in total. The number of carbonyl (C=O) groups excluding carboxylic acids is 1. The standard InChI is InChI=1S/C16H17NO3S/c1-17-16(18)15(12-13-8-4-2-5-9-13)21(19,20)14-10-6-3-7-11-14/h2-11,15H,12H2,1H3,(H,17,18). The van der Waals surface area contributed by atoms with Crippen LogP contribution in [0, 0.1) is 0 Å². The molecule has 0 fully saturated rings. The fraction of sp³-hybridized carbons (Fsp3) is 0.188. The van der Waals surface area contributed by atoms with Crippen LogP contribution in [0.4, 0.5) is 0 Å². The molecule has 0 heterocycles. The van der Waals surface area contributed by atoms with Crippen LogP contribution in [0.5, 0.6) is 0 Å². The molecule has 110 valence electrons. The Morgan fingerprint density at radius 1 is 1.00 bits per heavy atom. The first-order valence-corrected chi connectivity index (χ1v) is 8.15. The largest absolute Gasteiger partial charge is 0.358 e. The molecule has 5 heteroatoms. The van der Waals surface area contributed by atoms with E-state index in [2.05, 4.69) is 5.32 Å². The van der Waals surface area contributed by atoms with E-state index < -0.39 is 21.0 Å². The van der Waals surface area contributed by atoms with Crippen LogP contribution in [0.2, 0.25) is 0 Å². The highest BCUT2D eigenvalue weighted by Gasteiger charge is 2.33. The summed E-state index contributed by atoms with van der Waals surface area (Å²) in [6.45, 7) is 0. The molecule has 0 aliphatic heterocycles. The summed E-state index contributed by atoms with van der Waals surface area (Å²) in [6, 6.07) is 17.2. The molecule has 2 rings (SSSR count). The lowest BCUT2D eigenvalue weighted by Crippen LogP contribution is -2.39. The Kier molecular flexibility index (Phi) is 4.75. The minimum Gasteiger partial charge on any atom is -0.358 e. The summed E-state index contributed by atoms with van der Waals surface area (Å²) in [4.78, 5) is 12.2. The van der Waals surface area contributed by atoms with Gasteiger partial charge in [-0.05, 0) is 24.1 Å². The molecule has 1 unspecified atom stereocenters. The number of amides is 1. The van der Waals surface area contributed by atoms with E-state index in [0.717, 1.165) is 5.56 Å². The molecular formula is C16H17NO3S. The quantitative estimate of drug-likeness (QED) is 0.916. The number of hydrogen-bond acceptors (Lipinski definition) is 3. The Labute approximate surface area is 124 Å². The highest BCUT2D eigenvalue weighted by Crippen LogP contribution is 2.19. The lowest BCUT2D eigenvalue weighted by Gasteiger charge is -2.16. The van der Waals surface area contributed by atoms with Crippen molar-refractivity contribution in [3.63, 3.8) is 0 Å². The second-order valence-corrected chi connectivity index (χ2v) is 6.78. The zero-order valence-corrected chi connectivity index (χ0v) is 12.5. The smallest absolute Gasteiger partial charge is 0.238 e. The lowest BCUT2D eigenvalue weighted by molar-refractivity contribution is -0.120. The SMILES string of the molecule is CNC(=O)C(Cc1ccccc1)S(=O)(=O)c1ccccc1. The maximum Gasteiger partial charge on any atom is 0.238 e. The Bertz CT molecular complexity index is 697. The summed E-state index contributed by atoms with van der Waals surface area (Å²) in [5.74, 6) is -0.497. The van der Waals surface area contributed by atoms with Gasteiger partial charge in [-0.2, -0.15) is 0 Å². The first-order chi connectivity index (χ1) is 10.1. The number of hydrogen-bond donors (Lipinski definition) is 1. The maximum absolute atomic E-state index is 12.7. The van der Waals surface area contributed by atoms with Gasteiger partial charge in [-0.3, -0.25) is 4.79 Å². The third kappa shape index (κ3) is 3.49. The van der Waals surface area contributed by atoms with Crippen molar-refractivity contribution in [2.45, 2.75) is 16.6 Å². The summed E-state index contributed by atoms with van der Waals surface area (Å²) in [5.41, 5.74) is 0.811. The van der Waals surface area contributed by atoms with E-state index in [1.807, 2.05) is 30.3 Å². The predicted octanol–water partition coefficient (Wildman–Crippen LogP) is 1.82. The van der Waals surface area contributed by atoms with Crippen LogP contribution in [0.1, 0.15) is 5.56 Å². The maximum atomic E-state index is 12.7.